The number of rotatable bonds is 4. The number of hydrogen-bond acceptors (Lipinski definition) is 1. The molecule has 0 aliphatic heterocycles. The molecule has 0 saturated heterocycles. The Morgan fingerprint density at radius 2 is 2.38 bits per heavy atom. The third kappa shape index (κ3) is 5.97. The minimum absolute atomic E-state index is 0.985. The van der Waals surface area contributed by atoms with Gasteiger partial charge in [0.2, 0.25) is 0 Å². The Bertz CT molecular complexity index is 70.9. The van der Waals surface area contributed by atoms with Crippen LogP contribution in [0.4, 0.5) is 0 Å². The molecule has 0 rings (SSSR count). The molecule has 1 N–H and O–H groups in total. The lowest BCUT2D eigenvalue weighted by Crippen LogP contribution is -2.08. The lowest BCUT2D eigenvalue weighted by molar-refractivity contribution is 0.730. The molecule has 0 aliphatic rings. The summed E-state index contributed by atoms with van der Waals surface area (Å²) in [5, 5.41) is 3.11. The van der Waals surface area contributed by atoms with Crippen molar-refractivity contribution in [1.82, 2.24) is 5.32 Å². The Morgan fingerprint density at radius 3 is 2.75 bits per heavy atom. The van der Waals surface area contributed by atoms with E-state index >= 15 is 0 Å². The van der Waals surface area contributed by atoms with E-state index in [4.69, 9.17) is 0 Å². The van der Waals surface area contributed by atoms with Crippen LogP contribution in [0.15, 0.2) is 12.0 Å². The van der Waals surface area contributed by atoms with Gasteiger partial charge in [0.15, 0.2) is 0 Å². The van der Waals surface area contributed by atoms with Gasteiger partial charge in [-0.15, -0.1) is 0 Å². The van der Waals surface area contributed by atoms with E-state index in [2.05, 4.69) is 28.1 Å². The molecule has 8 heavy (non-hydrogen) atoms. The first-order valence-electron chi connectivity index (χ1n) is 2.95. The standard InChI is InChI=1S/C6H14NP/c1-3-4-5-7-6(2)8/h7H,2-5,8H2,1H3. The maximum atomic E-state index is 3.68. The van der Waals surface area contributed by atoms with Gasteiger partial charge in [0, 0.05) is 12.0 Å². The van der Waals surface area contributed by atoms with E-state index in [0.29, 0.717) is 0 Å². The van der Waals surface area contributed by atoms with Gasteiger partial charge in [0.1, 0.15) is 0 Å². The molecule has 0 fully saturated rings. The van der Waals surface area contributed by atoms with Crippen LogP contribution in [-0.4, -0.2) is 6.54 Å². The molecule has 0 amide bonds. The van der Waals surface area contributed by atoms with Gasteiger partial charge in [-0.05, 0) is 6.42 Å². The van der Waals surface area contributed by atoms with Crippen LogP contribution in [0, 0.1) is 0 Å². The average Bonchev–Trinajstić information content (AvgIpc) is 1.66. The van der Waals surface area contributed by atoms with Crippen molar-refractivity contribution in [2.24, 2.45) is 0 Å². The predicted octanol–water partition coefficient (Wildman–Crippen LogP) is 1.72. The fourth-order valence-corrected chi connectivity index (χ4v) is 0.570. The zero-order valence-electron chi connectivity index (χ0n) is 5.41. The lowest BCUT2D eigenvalue weighted by Gasteiger charge is -2.00. The van der Waals surface area contributed by atoms with E-state index in [1.54, 1.807) is 0 Å². The molecule has 1 nitrogen and oxygen atoms in total. The SMILES string of the molecule is C=C(P)NCCCC. The van der Waals surface area contributed by atoms with Crippen LogP contribution in [0.1, 0.15) is 19.8 Å². The maximum Gasteiger partial charge on any atom is 0.0208 e. The monoisotopic (exact) mass is 131 g/mol. The van der Waals surface area contributed by atoms with Crippen molar-refractivity contribution in [3.05, 3.63) is 12.0 Å². The maximum absolute atomic E-state index is 3.68. The van der Waals surface area contributed by atoms with Crippen molar-refractivity contribution in [2.45, 2.75) is 19.8 Å². The first kappa shape index (κ1) is 7.97. The van der Waals surface area contributed by atoms with Crippen LogP contribution in [0.2, 0.25) is 0 Å². The van der Waals surface area contributed by atoms with Crippen LogP contribution in [0.3, 0.4) is 0 Å². The number of nitrogens with one attached hydrogen (secondary N) is 1. The fourth-order valence-electron chi connectivity index (χ4n) is 0.426. The van der Waals surface area contributed by atoms with Crippen molar-refractivity contribution in [3.8, 4) is 0 Å². The minimum atomic E-state index is 0.985. The summed E-state index contributed by atoms with van der Waals surface area (Å²) < 4.78 is 0. The second kappa shape index (κ2) is 5.11. The third-order valence-corrected chi connectivity index (χ3v) is 1.09. The van der Waals surface area contributed by atoms with Gasteiger partial charge >= 0.3 is 0 Å². The molecular weight excluding hydrogens is 117 g/mol. The van der Waals surface area contributed by atoms with Crippen molar-refractivity contribution in [1.29, 1.82) is 0 Å². The molecule has 0 bridgehead atoms. The second-order valence-corrected chi connectivity index (χ2v) is 2.50. The average molecular weight is 131 g/mol. The van der Waals surface area contributed by atoms with E-state index in [-0.39, 0.29) is 0 Å². The summed E-state index contributed by atoms with van der Waals surface area (Å²) in [7, 11) is 2.52. The van der Waals surface area contributed by atoms with Crippen LogP contribution in [0.5, 0.6) is 0 Å². The Kier molecular flexibility index (Phi) is 5.09. The number of unbranched alkanes of at least 4 members (excludes halogenated alkanes) is 1. The Labute approximate surface area is 53.8 Å². The fraction of sp³-hybridized carbons (Fsp3) is 0.667. The summed E-state index contributed by atoms with van der Waals surface area (Å²) >= 11 is 0. The molecule has 48 valence electrons. The van der Waals surface area contributed by atoms with Crippen molar-refractivity contribution < 1.29 is 0 Å². The van der Waals surface area contributed by atoms with Crippen molar-refractivity contribution >= 4 is 9.24 Å². The third-order valence-electron chi connectivity index (χ3n) is 0.882. The van der Waals surface area contributed by atoms with E-state index in [1.807, 2.05) is 0 Å². The van der Waals surface area contributed by atoms with Gasteiger partial charge in [-0.25, -0.2) is 0 Å². The molecule has 0 aromatic rings. The first-order chi connectivity index (χ1) is 3.77. The molecule has 0 aliphatic carbocycles. The Balaban J connectivity index is 2.82. The molecule has 1 unspecified atom stereocenters. The highest BCUT2D eigenvalue weighted by atomic mass is 31.0. The lowest BCUT2D eigenvalue weighted by atomic mass is 10.3. The van der Waals surface area contributed by atoms with Crippen LogP contribution < -0.4 is 5.32 Å². The summed E-state index contributed by atoms with van der Waals surface area (Å²) in [6.07, 6.45) is 2.47. The van der Waals surface area contributed by atoms with Crippen LogP contribution in [0.25, 0.3) is 0 Å². The summed E-state index contributed by atoms with van der Waals surface area (Å²) in [4.78, 5) is 0. The first-order valence-corrected chi connectivity index (χ1v) is 3.53. The summed E-state index contributed by atoms with van der Waals surface area (Å²) in [6.45, 7) is 6.91. The van der Waals surface area contributed by atoms with E-state index in [0.717, 1.165) is 12.0 Å². The Hall–Kier alpha value is -0.0300. The van der Waals surface area contributed by atoms with Gasteiger partial charge in [0.05, 0.1) is 0 Å². The molecule has 0 heterocycles. The predicted molar refractivity (Wildman–Crippen MR) is 41.8 cm³/mol. The van der Waals surface area contributed by atoms with Gasteiger partial charge in [-0.3, -0.25) is 0 Å². The number of hydrogen-bond donors (Lipinski definition) is 1. The minimum Gasteiger partial charge on any atom is -0.386 e. The topological polar surface area (TPSA) is 12.0 Å². The highest BCUT2D eigenvalue weighted by Gasteiger charge is 1.80. The van der Waals surface area contributed by atoms with Gasteiger partial charge in [0.25, 0.3) is 0 Å². The van der Waals surface area contributed by atoms with Gasteiger partial charge < -0.3 is 5.32 Å². The zero-order valence-corrected chi connectivity index (χ0v) is 6.56. The van der Waals surface area contributed by atoms with Crippen molar-refractivity contribution in [3.63, 3.8) is 0 Å². The highest BCUT2D eigenvalue weighted by molar-refractivity contribution is 7.22. The van der Waals surface area contributed by atoms with Crippen LogP contribution in [-0.2, 0) is 0 Å². The zero-order chi connectivity index (χ0) is 6.41. The van der Waals surface area contributed by atoms with E-state index in [1.165, 1.54) is 12.8 Å². The Morgan fingerprint density at radius 1 is 1.75 bits per heavy atom. The van der Waals surface area contributed by atoms with E-state index < -0.39 is 0 Å². The molecule has 2 heteroatoms. The molecule has 0 aromatic heterocycles. The molecule has 0 spiro atoms. The normalized spacial score (nSPS) is 8.75. The molecule has 1 atom stereocenters. The second-order valence-electron chi connectivity index (χ2n) is 1.81. The van der Waals surface area contributed by atoms with Gasteiger partial charge in [-0.2, -0.15) is 0 Å². The molecule has 0 radical (unpaired) electrons. The molecule has 0 aromatic carbocycles. The quantitative estimate of drug-likeness (QED) is 0.452. The molecular formula is C6H14NP. The molecule has 0 saturated carbocycles. The van der Waals surface area contributed by atoms with E-state index in [9.17, 15) is 0 Å². The highest BCUT2D eigenvalue weighted by Crippen LogP contribution is 1.94. The van der Waals surface area contributed by atoms with Crippen LogP contribution >= 0.6 is 9.24 Å². The van der Waals surface area contributed by atoms with Gasteiger partial charge in [-0.1, -0.05) is 29.2 Å². The smallest absolute Gasteiger partial charge is 0.0208 e. The van der Waals surface area contributed by atoms with Crippen molar-refractivity contribution in [2.75, 3.05) is 6.54 Å². The summed E-state index contributed by atoms with van der Waals surface area (Å²) in [5.41, 5.74) is 0.985. The summed E-state index contributed by atoms with van der Waals surface area (Å²) in [6, 6.07) is 0. The largest absolute Gasteiger partial charge is 0.386 e. The summed E-state index contributed by atoms with van der Waals surface area (Å²) in [5.74, 6) is 0.